The number of carbonyl (C=O) groups excluding carboxylic acids is 1. The number of aromatic nitrogens is 1. The summed E-state index contributed by atoms with van der Waals surface area (Å²) in [6.07, 6.45) is 1.96. The average molecular weight is 336 g/mol. The minimum absolute atomic E-state index is 0.199. The first kappa shape index (κ1) is 17.1. The summed E-state index contributed by atoms with van der Waals surface area (Å²) >= 11 is 1.03. The number of carboxylic acids is 1. The van der Waals surface area contributed by atoms with E-state index in [1.165, 1.54) is 12.3 Å². The van der Waals surface area contributed by atoms with Crippen molar-refractivity contribution in [3.63, 3.8) is 0 Å². The van der Waals surface area contributed by atoms with Crippen LogP contribution in [0.15, 0.2) is 30.5 Å². The Morgan fingerprint density at radius 2 is 2.09 bits per heavy atom. The van der Waals surface area contributed by atoms with Gasteiger partial charge in [-0.15, -0.1) is 11.3 Å². The number of amides is 1. The SMILES string of the molecule is CCC(C)C(NC(=O)c1cnc(-c2ccccc2F)s1)C(=O)O. The maximum atomic E-state index is 13.7. The van der Waals surface area contributed by atoms with Gasteiger partial charge in [0.2, 0.25) is 0 Å². The minimum Gasteiger partial charge on any atom is -0.480 e. The van der Waals surface area contributed by atoms with Gasteiger partial charge >= 0.3 is 5.97 Å². The second-order valence-corrected chi connectivity index (χ2v) is 6.22. The van der Waals surface area contributed by atoms with Crippen molar-refractivity contribution in [2.45, 2.75) is 26.3 Å². The third-order valence-corrected chi connectivity index (χ3v) is 4.63. The Morgan fingerprint density at radius 1 is 1.39 bits per heavy atom. The number of aliphatic carboxylic acids is 1. The molecule has 23 heavy (non-hydrogen) atoms. The molecule has 7 heteroatoms. The van der Waals surface area contributed by atoms with E-state index >= 15 is 0 Å². The Morgan fingerprint density at radius 3 is 2.70 bits per heavy atom. The summed E-state index contributed by atoms with van der Waals surface area (Å²) in [6.45, 7) is 3.62. The van der Waals surface area contributed by atoms with Crippen molar-refractivity contribution in [2.75, 3.05) is 0 Å². The Hall–Kier alpha value is -2.28. The first-order valence-corrected chi connectivity index (χ1v) is 8.00. The predicted octanol–water partition coefficient (Wildman–Crippen LogP) is 3.18. The Labute approximate surface area is 137 Å². The molecule has 0 aliphatic carbocycles. The lowest BCUT2D eigenvalue weighted by molar-refractivity contribution is -0.140. The van der Waals surface area contributed by atoms with Crippen LogP contribution >= 0.6 is 11.3 Å². The summed E-state index contributed by atoms with van der Waals surface area (Å²) in [6, 6.07) is 5.19. The van der Waals surface area contributed by atoms with Gasteiger partial charge in [0, 0.05) is 5.56 Å². The number of carbonyl (C=O) groups is 2. The molecule has 0 aliphatic rings. The Kier molecular flexibility index (Phi) is 5.44. The van der Waals surface area contributed by atoms with Gasteiger partial charge in [-0.3, -0.25) is 4.79 Å². The summed E-state index contributed by atoms with van der Waals surface area (Å²) in [5, 5.41) is 12.1. The molecule has 0 saturated heterocycles. The predicted molar refractivity (Wildman–Crippen MR) is 85.9 cm³/mol. The first-order chi connectivity index (χ1) is 10.9. The van der Waals surface area contributed by atoms with E-state index in [9.17, 15) is 19.1 Å². The van der Waals surface area contributed by atoms with Gasteiger partial charge in [0.1, 0.15) is 21.7 Å². The van der Waals surface area contributed by atoms with Crippen molar-refractivity contribution < 1.29 is 19.1 Å². The van der Waals surface area contributed by atoms with Crippen LogP contribution in [0.1, 0.15) is 29.9 Å². The molecule has 1 aromatic heterocycles. The highest BCUT2D eigenvalue weighted by Crippen LogP contribution is 2.27. The number of benzene rings is 1. The van der Waals surface area contributed by atoms with Crippen LogP contribution in [0.3, 0.4) is 0 Å². The molecule has 0 saturated carbocycles. The van der Waals surface area contributed by atoms with E-state index in [0.29, 0.717) is 17.0 Å². The normalized spacial score (nSPS) is 13.3. The molecule has 2 unspecified atom stereocenters. The third kappa shape index (κ3) is 3.92. The maximum Gasteiger partial charge on any atom is 0.326 e. The molecule has 0 fully saturated rings. The fourth-order valence-corrected chi connectivity index (χ4v) is 2.88. The minimum atomic E-state index is -1.08. The quantitative estimate of drug-likeness (QED) is 0.849. The van der Waals surface area contributed by atoms with Gasteiger partial charge in [-0.05, 0) is 18.1 Å². The van der Waals surface area contributed by atoms with Crippen molar-refractivity contribution in [1.82, 2.24) is 10.3 Å². The van der Waals surface area contributed by atoms with Crippen LogP contribution in [0.2, 0.25) is 0 Å². The molecule has 0 aliphatic heterocycles. The lowest BCUT2D eigenvalue weighted by atomic mass is 9.99. The lowest BCUT2D eigenvalue weighted by Crippen LogP contribution is -2.44. The molecule has 0 radical (unpaired) electrons. The second kappa shape index (κ2) is 7.32. The monoisotopic (exact) mass is 336 g/mol. The number of thiazole rings is 1. The molecule has 0 bridgehead atoms. The standard InChI is InChI=1S/C16H17FN2O3S/c1-3-9(2)13(16(21)22)19-14(20)12-8-18-15(23-12)10-6-4-5-7-11(10)17/h4-9,13H,3H2,1-2H3,(H,19,20)(H,21,22). The molecule has 1 amide bonds. The zero-order valence-corrected chi connectivity index (χ0v) is 13.6. The van der Waals surface area contributed by atoms with E-state index in [1.54, 1.807) is 25.1 Å². The summed E-state index contributed by atoms with van der Waals surface area (Å²) in [7, 11) is 0. The van der Waals surface area contributed by atoms with Crippen LogP contribution in [0, 0.1) is 11.7 Å². The number of nitrogens with zero attached hydrogens (tertiary/aromatic N) is 1. The number of hydrogen-bond donors (Lipinski definition) is 2. The average Bonchev–Trinajstić information content (AvgIpc) is 3.01. The lowest BCUT2D eigenvalue weighted by Gasteiger charge is -2.19. The maximum absolute atomic E-state index is 13.7. The zero-order chi connectivity index (χ0) is 17.0. The van der Waals surface area contributed by atoms with Gasteiger partial charge in [-0.1, -0.05) is 32.4 Å². The fraction of sp³-hybridized carbons (Fsp3) is 0.312. The highest BCUT2D eigenvalue weighted by molar-refractivity contribution is 7.16. The molecule has 122 valence electrons. The van der Waals surface area contributed by atoms with Crippen molar-refractivity contribution in [2.24, 2.45) is 5.92 Å². The summed E-state index contributed by atoms with van der Waals surface area (Å²) < 4.78 is 13.7. The van der Waals surface area contributed by atoms with E-state index in [1.807, 2.05) is 6.92 Å². The highest BCUT2D eigenvalue weighted by Gasteiger charge is 2.26. The molecular weight excluding hydrogens is 319 g/mol. The summed E-state index contributed by atoms with van der Waals surface area (Å²) in [5.74, 6) is -2.21. The van der Waals surface area contributed by atoms with E-state index in [-0.39, 0.29) is 10.8 Å². The van der Waals surface area contributed by atoms with Crippen LogP contribution < -0.4 is 5.32 Å². The van der Waals surface area contributed by atoms with Crippen molar-refractivity contribution in [1.29, 1.82) is 0 Å². The third-order valence-electron chi connectivity index (χ3n) is 3.60. The van der Waals surface area contributed by atoms with Gasteiger partial charge in [0.25, 0.3) is 5.91 Å². The number of nitrogens with one attached hydrogen (secondary N) is 1. The molecule has 2 atom stereocenters. The fourth-order valence-electron chi connectivity index (χ4n) is 2.03. The number of rotatable bonds is 6. The van der Waals surface area contributed by atoms with Crippen LogP contribution in [0.25, 0.3) is 10.6 Å². The van der Waals surface area contributed by atoms with Gasteiger partial charge in [0.05, 0.1) is 6.20 Å². The van der Waals surface area contributed by atoms with E-state index in [0.717, 1.165) is 11.3 Å². The molecular formula is C16H17FN2O3S. The molecule has 5 nitrogen and oxygen atoms in total. The van der Waals surface area contributed by atoms with Crippen molar-refractivity contribution in [3.8, 4) is 10.6 Å². The zero-order valence-electron chi connectivity index (χ0n) is 12.7. The van der Waals surface area contributed by atoms with Gasteiger partial charge in [-0.25, -0.2) is 14.2 Å². The van der Waals surface area contributed by atoms with Crippen LogP contribution in [-0.4, -0.2) is 28.0 Å². The van der Waals surface area contributed by atoms with E-state index < -0.39 is 23.7 Å². The molecule has 0 spiro atoms. The number of halogens is 1. The number of carboxylic acid groups (broad SMARTS) is 1. The van der Waals surface area contributed by atoms with Crippen LogP contribution in [-0.2, 0) is 4.79 Å². The van der Waals surface area contributed by atoms with Gasteiger partial charge < -0.3 is 10.4 Å². The topological polar surface area (TPSA) is 79.3 Å². The molecule has 1 heterocycles. The molecule has 2 aromatic rings. The Bertz CT molecular complexity index is 717. The number of hydrogen-bond acceptors (Lipinski definition) is 4. The van der Waals surface area contributed by atoms with Crippen LogP contribution in [0.5, 0.6) is 0 Å². The highest BCUT2D eigenvalue weighted by atomic mass is 32.1. The van der Waals surface area contributed by atoms with Crippen molar-refractivity contribution >= 4 is 23.2 Å². The van der Waals surface area contributed by atoms with Gasteiger partial charge in [0.15, 0.2) is 0 Å². The summed E-state index contributed by atoms with van der Waals surface area (Å²) in [4.78, 5) is 27.8. The first-order valence-electron chi connectivity index (χ1n) is 7.18. The van der Waals surface area contributed by atoms with E-state index in [4.69, 9.17) is 0 Å². The smallest absolute Gasteiger partial charge is 0.326 e. The second-order valence-electron chi connectivity index (χ2n) is 5.18. The summed E-state index contributed by atoms with van der Waals surface area (Å²) in [5.41, 5.74) is 0.313. The molecule has 1 aromatic carbocycles. The largest absolute Gasteiger partial charge is 0.480 e. The Balaban J connectivity index is 2.18. The molecule has 2 N–H and O–H groups in total. The molecule has 2 rings (SSSR count). The van der Waals surface area contributed by atoms with E-state index in [2.05, 4.69) is 10.3 Å². The van der Waals surface area contributed by atoms with Crippen molar-refractivity contribution in [3.05, 3.63) is 41.2 Å². The van der Waals surface area contributed by atoms with Gasteiger partial charge in [-0.2, -0.15) is 0 Å². The van der Waals surface area contributed by atoms with Crippen LogP contribution in [0.4, 0.5) is 4.39 Å².